The van der Waals surface area contributed by atoms with Crippen molar-refractivity contribution in [2.24, 2.45) is 5.41 Å². The van der Waals surface area contributed by atoms with E-state index in [4.69, 9.17) is 25.7 Å². The molecule has 3 aliphatic carbocycles. The van der Waals surface area contributed by atoms with Crippen molar-refractivity contribution >= 4 is 50.7 Å². The maximum absolute atomic E-state index is 14.5. The molecule has 290 valence electrons. The van der Waals surface area contributed by atoms with E-state index in [0.29, 0.717) is 56.4 Å². The first-order valence-electron chi connectivity index (χ1n) is 18.5. The van der Waals surface area contributed by atoms with Crippen LogP contribution in [-0.2, 0) is 12.6 Å². The van der Waals surface area contributed by atoms with Crippen molar-refractivity contribution in [3.63, 3.8) is 0 Å². The molecule has 0 spiro atoms. The normalized spacial score (nSPS) is 23.4. The van der Waals surface area contributed by atoms with Crippen LogP contribution in [0.3, 0.4) is 0 Å². The third-order valence-electron chi connectivity index (χ3n) is 11.4. The first-order chi connectivity index (χ1) is 26.2. The maximum Gasteiger partial charge on any atom is 0.416 e. The van der Waals surface area contributed by atoms with E-state index in [0.717, 1.165) is 56.1 Å². The number of furan rings is 1. The fraction of sp³-hybridized carbons (Fsp3) is 0.395. The van der Waals surface area contributed by atoms with Crippen LogP contribution in [0.2, 0.25) is 5.02 Å². The minimum absolute atomic E-state index is 0.0271. The summed E-state index contributed by atoms with van der Waals surface area (Å²) in [4.78, 5) is 19.4. The number of benzene rings is 3. The van der Waals surface area contributed by atoms with Crippen LogP contribution in [0.25, 0.3) is 21.5 Å². The molecule has 6 nitrogen and oxygen atoms in total. The van der Waals surface area contributed by atoms with E-state index in [-0.39, 0.29) is 28.0 Å². The van der Waals surface area contributed by atoms with E-state index < -0.39 is 34.6 Å². The van der Waals surface area contributed by atoms with Crippen molar-refractivity contribution < 1.29 is 37.3 Å². The van der Waals surface area contributed by atoms with Crippen LogP contribution in [0.1, 0.15) is 98.0 Å². The van der Waals surface area contributed by atoms with Crippen LogP contribution >= 0.6 is 34.7 Å². The quantitative estimate of drug-likeness (QED) is 0.0916. The van der Waals surface area contributed by atoms with Crippen LogP contribution < -0.4 is 4.74 Å². The van der Waals surface area contributed by atoms with E-state index in [1.807, 2.05) is 37.3 Å². The molecule has 0 aliphatic heterocycles. The van der Waals surface area contributed by atoms with Crippen molar-refractivity contribution in [2.75, 3.05) is 12.4 Å². The van der Waals surface area contributed by atoms with Gasteiger partial charge in [0, 0.05) is 22.3 Å². The molecule has 0 saturated heterocycles. The van der Waals surface area contributed by atoms with Crippen molar-refractivity contribution in [1.82, 2.24) is 4.98 Å². The van der Waals surface area contributed by atoms with Gasteiger partial charge >= 0.3 is 6.18 Å². The second-order valence-corrected chi connectivity index (χ2v) is 17.6. The van der Waals surface area contributed by atoms with Gasteiger partial charge in [0.25, 0.3) is 0 Å². The Kier molecular flexibility index (Phi) is 11.3. The van der Waals surface area contributed by atoms with E-state index in [2.05, 4.69) is 19.9 Å². The highest BCUT2D eigenvalue weighted by Crippen LogP contribution is 2.60. The third-order valence-corrected chi connectivity index (χ3v) is 14.1. The van der Waals surface area contributed by atoms with Gasteiger partial charge in [0.2, 0.25) is 5.78 Å². The monoisotopic (exact) mass is 809 g/mol. The van der Waals surface area contributed by atoms with E-state index >= 15 is 0 Å². The smallest absolute Gasteiger partial charge is 0.416 e. The Morgan fingerprint density at radius 3 is 2.69 bits per heavy atom. The summed E-state index contributed by atoms with van der Waals surface area (Å²) in [5, 5.41) is 23.8. The molecule has 0 radical (unpaired) electrons. The Morgan fingerprint density at radius 2 is 1.91 bits per heavy atom. The number of carbonyl (C=O) groups is 1. The summed E-state index contributed by atoms with van der Waals surface area (Å²) < 4.78 is 54.3. The average molecular weight is 810 g/mol. The number of allylic oxidation sites excluding steroid dienone is 2. The molecule has 5 aromatic rings. The predicted molar refractivity (Wildman–Crippen MR) is 213 cm³/mol. The molecule has 2 bridgehead atoms. The summed E-state index contributed by atoms with van der Waals surface area (Å²) in [6.07, 6.45) is 1.12. The molecule has 8 rings (SSSR count). The number of fused-ring (bicyclic) bond motifs is 9. The number of halogens is 4. The number of alkyl halides is 3. The number of hydrogen-bond donors (Lipinski definition) is 2. The molecule has 2 heterocycles. The number of thiazole rings is 1. The average Bonchev–Trinajstić information content (AvgIpc) is 3.86. The van der Waals surface area contributed by atoms with Gasteiger partial charge in [-0.25, -0.2) is 4.98 Å². The SMILES string of the molecule is CCOc1ccc2nc(SCC3(O)CCC4c5ccc(cc5C(=O)c5ccc(-c6cc(C(F)(F)F)ccc6Cl)o5)CC(O)CCC(C)=CCCC43C)sc2c1. The minimum Gasteiger partial charge on any atom is -0.494 e. The molecule has 3 aromatic carbocycles. The van der Waals surface area contributed by atoms with Gasteiger partial charge in [-0.1, -0.05) is 54.1 Å². The van der Waals surface area contributed by atoms with Gasteiger partial charge in [0.1, 0.15) is 11.5 Å². The zero-order valence-corrected chi connectivity index (χ0v) is 33.2. The highest BCUT2D eigenvalue weighted by molar-refractivity contribution is 8.01. The fourth-order valence-corrected chi connectivity index (χ4v) is 10.8. The first kappa shape index (κ1) is 39.6. The van der Waals surface area contributed by atoms with Gasteiger partial charge in [-0.05, 0) is 130 Å². The van der Waals surface area contributed by atoms with Gasteiger partial charge in [-0.15, -0.1) is 11.3 Å². The lowest BCUT2D eigenvalue weighted by molar-refractivity contribution is -0.137. The van der Waals surface area contributed by atoms with E-state index in [9.17, 15) is 28.2 Å². The molecule has 4 atom stereocenters. The van der Waals surface area contributed by atoms with E-state index in [1.165, 1.54) is 17.7 Å². The number of ether oxygens (including phenoxy) is 1. The van der Waals surface area contributed by atoms with Crippen LogP contribution in [0.15, 0.2) is 87.1 Å². The minimum atomic E-state index is -4.59. The summed E-state index contributed by atoms with van der Waals surface area (Å²) in [7, 11) is 0. The van der Waals surface area contributed by atoms with Crippen molar-refractivity contribution in [2.45, 2.75) is 93.9 Å². The number of carbonyl (C=O) groups excluding carboxylic acids is 1. The summed E-state index contributed by atoms with van der Waals surface area (Å²) in [6.45, 7) is 6.72. The van der Waals surface area contributed by atoms with Gasteiger partial charge in [0.05, 0.1) is 39.1 Å². The maximum atomic E-state index is 14.5. The molecule has 2 aromatic heterocycles. The number of hydrogen-bond acceptors (Lipinski definition) is 8. The standard InChI is InChI=1S/C43H43ClF3NO5S2/c1-4-52-29-11-14-35-38(23-29)55-40(48-35)54-24-42(51)19-17-33-30-12-8-26(20-28(49)10-7-25(2)6-5-18-41(33,42)3)21-31(30)39(50)37-16-15-36(53-37)32-22-27(43(45,46)47)9-13-34(32)44/h6,8-9,11-16,21-23,28,33,49,51H,4-5,7,10,17-20,24H2,1-3H3. The van der Waals surface area contributed by atoms with Crippen LogP contribution in [0.4, 0.5) is 13.2 Å². The number of nitrogens with zero attached hydrogens (tertiary/aromatic N) is 1. The second-order valence-electron chi connectivity index (χ2n) is 15.0. The van der Waals surface area contributed by atoms with Crippen molar-refractivity contribution in [3.8, 4) is 17.1 Å². The summed E-state index contributed by atoms with van der Waals surface area (Å²) in [6, 6.07) is 17.5. The molecule has 2 N–H and O–H groups in total. The molecule has 3 aliphatic rings. The number of rotatable bonds is 8. The fourth-order valence-electron chi connectivity index (χ4n) is 8.18. The topological polar surface area (TPSA) is 92.8 Å². The summed E-state index contributed by atoms with van der Waals surface area (Å²) in [5.41, 5.74) is 1.37. The Hall–Kier alpha value is -3.61. The zero-order chi connectivity index (χ0) is 39.1. The highest BCUT2D eigenvalue weighted by atomic mass is 35.5. The second kappa shape index (κ2) is 15.7. The molecular weight excluding hydrogens is 767 g/mol. The molecule has 12 heteroatoms. The zero-order valence-electron chi connectivity index (χ0n) is 30.8. The van der Waals surface area contributed by atoms with Gasteiger partial charge in [-0.2, -0.15) is 13.2 Å². The van der Waals surface area contributed by atoms with Gasteiger partial charge in [0.15, 0.2) is 10.1 Å². The Bertz CT molecular complexity index is 2250. The molecule has 4 unspecified atom stereocenters. The Morgan fingerprint density at radius 1 is 1.09 bits per heavy atom. The lowest BCUT2D eigenvalue weighted by atomic mass is 9.65. The largest absolute Gasteiger partial charge is 0.494 e. The van der Waals surface area contributed by atoms with Crippen molar-refractivity contribution in [3.05, 3.63) is 111 Å². The summed E-state index contributed by atoms with van der Waals surface area (Å²) in [5.74, 6) is 0.544. The Balaban J connectivity index is 1.25. The predicted octanol–water partition coefficient (Wildman–Crippen LogP) is 11.7. The molecule has 0 amide bonds. The van der Waals surface area contributed by atoms with Crippen LogP contribution in [0, 0.1) is 5.41 Å². The third kappa shape index (κ3) is 8.14. The number of aliphatic hydroxyl groups excluding tert-OH is 1. The first-order valence-corrected chi connectivity index (χ1v) is 20.7. The Labute approximate surface area is 331 Å². The lowest BCUT2D eigenvalue weighted by Gasteiger charge is -2.44. The van der Waals surface area contributed by atoms with Crippen LogP contribution in [-0.4, -0.2) is 45.0 Å². The number of ketones is 1. The highest BCUT2D eigenvalue weighted by Gasteiger charge is 2.57. The van der Waals surface area contributed by atoms with E-state index in [1.54, 1.807) is 29.2 Å². The molecule has 55 heavy (non-hydrogen) atoms. The molecular formula is C43H43ClF3NO5S2. The molecule has 1 fully saturated rings. The summed E-state index contributed by atoms with van der Waals surface area (Å²) >= 11 is 9.44. The van der Waals surface area contributed by atoms with Crippen LogP contribution in [0.5, 0.6) is 5.75 Å². The van der Waals surface area contributed by atoms with Gasteiger partial charge in [-0.3, -0.25) is 4.79 Å². The lowest BCUT2D eigenvalue weighted by Crippen LogP contribution is -2.46. The number of aromatic nitrogens is 1. The van der Waals surface area contributed by atoms with Crippen molar-refractivity contribution in [1.29, 1.82) is 0 Å². The molecule has 1 saturated carbocycles. The van der Waals surface area contributed by atoms with Gasteiger partial charge < -0.3 is 19.4 Å². The number of aliphatic hydroxyl groups is 2. The number of thioether (sulfide) groups is 1.